The van der Waals surface area contributed by atoms with E-state index >= 15 is 0 Å². The van der Waals surface area contributed by atoms with Gasteiger partial charge < -0.3 is 0 Å². The van der Waals surface area contributed by atoms with Gasteiger partial charge in [-0.15, -0.1) is 0 Å². The Morgan fingerprint density at radius 3 is 2.17 bits per heavy atom. The zero-order valence-corrected chi connectivity index (χ0v) is 6.96. The first-order valence-corrected chi connectivity index (χ1v) is 4.42. The molecule has 0 spiro atoms. The van der Waals surface area contributed by atoms with Crippen LogP contribution in [0.15, 0.2) is 0 Å². The number of hydrogen-bond acceptors (Lipinski definition) is 0. The third-order valence-electron chi connectivity index (χ3n) is 0.737. The quantitative estimate of drug-likeness (QED) is 0.297. The summed E-state index contributed by atoms with van der Waals surface area (Å²) >= 11 is 6.74. The van der Waals surface area contributed by atoms with Crippen molar-refractivity contribution in [1.29, 1.82) is 0 Å². The molecule has 0 bridgehead atoms. The van der Waals surface area contributed by atoms with Gasteiger partial charge in [0, 0.05) is 0 Å². The summed E-state index contributed by atoms with van der Waals surface area (Å²) in [6.45, 7) is 0. The second-order valence-electron chi connectivity index (χ2n) is 1.40. The number of halogens is 1. The predicted octanol–water partition coefficient (Wildman–Crippen LogP) is 1.59. The molecule has 0 nitrogen and oxygen atoms in total. The van der Waals surface area contributed by atoms with Gasteiger partial charge in [-0.1, -0.05) is 0 Å². The Morgan fingerprint density at radius 2 is 2.00 bits per heavy atom. The minimum atomic E-state index is 0.849. The molecule has 0 aliphatic carbocycles. The molecule has 0 saturated carbocycles. The summed E-state index contributed by atoms with van der Waals surface area (Å²) in [6.07, 6.45) is 2.56. The van der Waals surface area contributed by atoms with Crippen LogP contribution in [0.2, 0.25) is 3.67 Å². The molecule has 0 amide bonds. The van der Waals surface area contributed by atoms with E-state index in [4.69, 9.17) is 11.6 Å². The molecule has 0 aromatic heterocycles. The molecule has 0 aromatic rings. The molecule has 0 heterocycles. The Kier molecular flexibility index (Phi) is 7.64. The summed E-state index contributed by atoms with van der Waals surface area (Å²) in [5.74, 6) is 0.849. The van der Waals surface area contributed by atoms with Crippen LogP contribution in [0.3, 0.4) is 0 Å². The molecule has 6 heavy (non-hydrogen) atoms. The van der Waals surface area contributed by atoms with Crippen molar-refractivity contribution in [2.24, 2.45) is 0 Å². The standard InChI is InChI=1S/C4H8Cl.Na/c1-2-3-4-5;/h1-4H2;. The molecular formula is C4H8ClNa. The van der Waals surface area contributed by atoms with Crippen molar-refractivity contribution in [2.45, 2.75) is 16.5 Å². The molecule has 0 unspecified atom stereocenters. The first-order valence-electron chi connectivity index (χ1n) is 2.47. The molecule has 0 fully saturated rings. The Balaban J connectivity index is 2.34. The molecule has 2 heteroatoms. The van der Waals surface area contributed by atoms with Crippen molar-refractivity contribution >= 4 is 39.5 Å². The normalized spacial score (nSPS) is 9.17. The second-order valence-corrected chi connectivity index (χ2v) is 2.77. The van der Waals surface area contributed by atoms with Gasteiger partial charge in [-0.2, -0.15) is 0 Å². The number of alkyl halides is 1. The van der Waals surface area contributed by atoms with Gasteiger partial charge in [0.15, 0.2) is 0 Å². The van der Waals surface area contributed by atoms with Crippen molar-refractivity contribution in [3.05, 3.63) is 0 Å². The van der Waals surface area contributed by atoms with E-state index < -0.39 is 0 Å². The first-order chi connectivity index (χ1) is 2.91. The van der Waals surface area contributed by atoms with Crippen LogP contribution in [-0.2, 0) is 0 Å². The van der Waals surface area contributed by atoms with E-state index in [1.165, 1.54) is 44.4 Å². The third-order valence-corrected chi connectivity index (χ3v) is 1.71. The molecule has 0 radical (unpaired) electrons. The van der Waals surface area contributed by atoms with E-state index in [1.807, 2.05) is 0 Å². The summed E-state index contributed by atoms with van der Waals surface area (Å²) in [7, 11) is 0. The number of rotatable bonds is 3. The van der Waals surface area contributed by atoms with Crippen molar-refractivity contribution in [1.82, 2.24) is 0 Å². The fourth-order valence-electron chi connectivity index (χ4n) is 0.344. The summed E-state index contributed by atoms with van der Waals surface area (Å²) in [5.41, 5.74) is 0. The average molecular weight is 115 g/mol. The van der Waals surface area contributed by atoms with E-state index in [0.29, 0.717) is 0 Å². The Labute approximate surface area is 61.7 Å². The zero-order chi connectivity index (χ0) is 4.83. The van der Waals surface area contributed by atoms with Crippen LogP contribution in [0.1, 0.15) is 12.8 Å². The fourth-order valence-corrected chi connectivity index (χ4v) is 1.03. The van der Waals surface area contributed by atoms with Crippen LogP contribution < -0.4 is 0 Å². The molecule has 32 valence electrons. The number of unbranched alkanes of at least 4 members (excludes halogenated alkanes) is 1. The van der Waals surface area contributed by atoms with Gasteiger partial charge in [0.2, 0.25) is 0 Å². The SMILES string of the molecule is [Na][CH2]CCCCl. The summed E-state index contributed by atoms with van der Waals surface area (Å²) in [4.78, 5) is 0. The molecule has 0 aromatic carbocycles. The van der Waals surface area contributed by atoms with Gasteiger partial charge >= 0.3 is 61.9 Å². The van der Waals surface area contributed by atoms with Crippen LogP contribution >= 0.6 is 11.6 Å². The summed E-state index contributed by atoms with van der Waals surface area (Å²) in [6, 6.07) is 0. The first kappa shape index (κ1) is 7.29. The topological polar surface area (TPSA) is 0 Å². The average Bonchev–Trinajstić information content (AvgIpc) is 1.61. The third kappa shape index (κ3) is 5.29. The second kappa shape index (κ2) is 6.29. The van der Waals surface area contributed by atoms with Gasteiger partial charge in [0.05, 0.1) is 0 Å². The molecular weight excluding hydrogens is 106 g/mol. The number of hydrogen-bond donors (Lipinski definition) is 0. The molecule has 0 atom stereocenters. The van der Waals surface area contributed by atoms with E-state index in [2.05, 4.69) is 0 Å². The van der Waals surface area contributed by atoms with Crippen LogP contribution in [0.4, 0.5) is 0 Å². The maximum atomic E-state index is 5.40. The van der Waals surface area contributed by atoms with Crippen LogP contribution in [0.25, 0.3) is 0 Å². The van der Waals surface area contributed by atoms with Crippen molar-refractivity contribution in [2.75, 3.05) is 5.88 Å². The van der Waals surface area contributed by atoms with E-state index in [-0.39, 0.29) is 0 Å². The molecule has 0 N–H and O–H groups in total. The van der Waals surface area contributed by atoms with Crippen molar-refractivity contribution < 1.29 is 0 Å². The summed E-state index contributed by atoms with van der Waals surface area (Å²) < 4.78 is 1.41. The van der Waals surface area contributed by atoms with Gasteiger partial charge in [-0.25, -0.2) is 0 Å². The van der Waals surface area contributed by atoms with Crippen molar-refractivity contribution in [3.63, 3.8) is 0 Å². The van der Waals surface area contributed by atoms with E-state index in [1.54, 1.807) is 0 Å². The Hall–Kier alpha value is 1.29. The van der Waals surface area contributed by atoms with Gasteiger partial charge in [0.25, 0.3) is 0 Å². The molecule has 0 aliphatic rings. The van der Waals surface area contributed by atoms with E-state index in [9.17, 15) is 0 Å². The van der Waals surface area contributed by atoms with E-state index in [0.717, 1.165) is 5.88 Å². The van der Waals surface area contributed by atoms with Gasteiger partial charge in [-0.05, 0) is 0 Å². The predicted molar refractivity (Wildman–Crippen MR) is 30.5 cm³/mol. The molecule has 0 saturated heterocycles. The summed E-state index contributed by atoms with van der Waals surface area (Å²) in [5, 5.41) is 0. The zero-order valence-electron chi connectivity index (χ0n) is 4.21. The van der Waals surface area contributed by atoms with Crippen LogP contribution in [0, 0.1) is 0 Å². The minimum absolute atomic E-state index is 0.849. The Morgan fingerprint density at radius 1 is 1.33 bits per heavy atom. The van der Waals surface area contributed by atoms with Gasteiger partial charge in [0.1, 0.15) is 0 Å². The van der Waals surface area contributed by atoms with Crippen LogP contribution in [0.5, 0.6) is 0 Å². The van der Waals surface area contributed by atoms with Crippen LogP contribution in [-0.4, -0.2) is 33.8 Å². The Bertz CT molecular complexity index is 19.5. The monoisotopic (exact) mass is 114 g/mol. The van der Waals surface area contributed by atoms with Crippen molar-refractivity contribution in [3.8, 4) is 0 Å². The maximum absolute atomic E-state index is 5.40. The fraction of sp³-hybridized carbons (Fsp3) is 1.00. The molecule has 0 aliphatic heterocycles. The van der Waals surface area contributed by atoms with Gasteiger partial charge in [-0.3, -0.25) is 0 Å². The molecule has 0 rings (SSSR count).